The highest BCUT2D eigenvalue weighted by atomic mass is 16.7. The molecule has 0 spiro atoms. The van der Waals surface area contributed by atoms with E-state index in [0.717, 1.165) is 42.8 Å². The number of carbonyl (C=O) groups excluding carboxylic acids is 1. The molecule has 2 amide bonds. The van der Waals surface area contributed by atoms with Gasteiger partial charge in [0, 0.05) is 31.2 Å². The molecular weight excluding hydrogens is 410 g/mol. The van der Waals surface area contributed by atoms with Gasteiger partial charge >= 0.3 is 6.03 Å². The van der Waals surface area contributed by atoms with Crippen molar-refractivity contribution in [2.45, 2.75) is 37.9 Å². The van der Waals surface area contributed by atoms with E-state index in [2.05, 4.69) is 25.9 Å². The number of amides is 2. The number of piperidine rings is 1. The van der Waals surface area contributed by atoms with Crippen LogP contribution in [0.25, 0.3) is 5.95 Å². The van der Waals surface area contributed by atoms with Crippen molar-refractivity contribution in [1.82, 2.24) is 35.5 Å². The fraction of sp³-hybridized carbons (Fsp3) is 0.364. The van der Waals surface area contributed by atoms with Crippen LogP contribution < -0.4 is 25.4 Å². The van der Waals surface area contributed by atoms with Gasteiger partial charge in [-0.25, -0.2) is 19.7 Å². The number of hydrogen-bond acceptors (Lipinski definition) is 7. The molecule has 2 aliphatic heterocycles. The fourth-order valence-corrected chi connectivity index (χ4v) is 4.01. The molecule has 4 heterocycles. The zero-order valence-electron chi connectivity index (χ0n) is 17.5. The Hall–Kier alpha value is -3.66. The first kappa shape index (κ1) is 20.3. The van der Waals surface area contributed by atoms with Crippen LogP contribution in [0.5, 0.6) is 11.5 Å². The Bertz CT molecular complexity index is 1070. The first-order valence-electron chi connectivity index (χ1n) is 10.7. The maximum absolute atomic E-state index is 12.8. The van der Waals surface area contributed by atoms with Crippen LogP contribution in [-0.4, -0.2) is 44.9 Å². The lowest BCUT2D eigenvalue weighted by Gasteiger charge is -2.31. The molecule has 0 radical (unpaired) electrons. The van der Waals surface area contributed by atoms with Crippen LogP contribution in [0.3, 0.4) is 0 Å². The van der Waals surface area contributed by atoms with Gasteiger partial charge in [-0.05, 0) is 43.1 Å². The van der Waals surface area contributed by atoms with Gasteiger partial charge in [-0.1, -0.05) is 12.5 Å². The van der Waals surface area contributed by atoms with E-state index in [4.69, 9.17) is 14.5 Å². The summed E-state index contributed by atoms with van der Waals surface area (Å²) in [6, 6.07) is 7.02. The van der Waals surface area contributed by atoms with Gasteiger partial charge in [-0.15, -0.1) is 0 Å². The number of fused-ring (bicyclic) bond motifs is 1. The Morgan fingerprint density at radius 3 is 3.00 bits per heavy atom. The van der Waals surface area contributed by atoms with Crippen LogP contribution in [0.15, 0.2) is 49.2 Å². The molecule has 2 unspecified atom stereocenters. The van der Waals surface area contributed by atoms with Crippen LogP contribution in [0.4, 0.5) is 4.79 Å². The predicted molar refractivity (Wildman–Crippen MR) is 115 cm³/mol. The molecule has 3 N–H and O–H groups in total. The summed E-state index contributed by atoms with van der Waals surface area (Å²) in [7, 11) is 0. The van der Waals surface area contributed by atoms with Gasteiger partial charge in [0.2, 0.25) is 12.7 Å². The largest absolute Gasteiger partial charge is 0.454 e. The lowest BCUT2D eigenvalue weighted by atomic mass is 9.95. The van der Waals surface area contributed by atoms with Crippen molar-refractivity contribution < 1.29 is 14.3 Å². The Balaban J connectivity index is 1.30. The van der Waals surface area contributed by atoms with Gasteiger partial charge in [0.1, 0.15) is 6.33 Å². The smallest absolute Gasteiger partial charge is 0.315 e. The molecule has 2 atom stereocenters. The fourth-order valence-electron chi connectivity index (χ4n) is 4.01. The summed E-state index contributed by atoms with van der Waals surface area (Å²) >= 11 is 0. The first-order chi connectivity index (χ1) is 15.8. The molecule has 2 aromatic heterocycles. The third kappa shape index (κ3) is 4.50. The average Bonchev–Trinajstić information content (AvgIpc) is 3.54. The number of carbonyl (C=O) groups is 1. The maximum atomic E-state index is 12.8. The Kier molecular flexibility index (Phi) is 5.84. The first-order valence-corrected chi connectivity index (χ1v) is 10.7. The SMILES string of the molecule is O=C(NCc1ccc2c(c1)OCO2)NC(c1ccnc(-n2ccnc2)n1)C1CCCCN1. The second kappa shape index (κ2) is 9.23. The molecule has 1 saturated heterocycles. The number of ether oxygens (including phenoxy) is 2. The van der Waals surface area contributed by atoms with Crippen molar-refractivity contribution in [3.63, 3.8) is 0 Å². The highest BCUT2D eigenvalue weighted by Gasteiger charge is 2.28. The Morgan fingerprint density at radius 2 is 2.16 bits per heavy atom. The lowest BCUT2D eigenvalue weighted by molar-refractivity contribution is 0.174. The molecule has 0 saturated carbocycles. The highest BCUT2D eigenvalue weighted by molar-refractivity contribution is 5.74. The number of aromatic nitrogens is 4. The third-order valence-electron chi connectivity index (χ3n) is 5.65. The van der Waals surface area contributed by atoms with E-state index in [9.17, 15) is 4.79 Å². The summed E-state index contributed by atoms with van der Waals surface area (Å²) in [6.07, 6.45) is 10.0. The summed E-state index contributed by atoms with van der Waals surface area (Å²) in [6.45, 7) is 1.52. The van der Waals surface area contributed by atoms with Gasteiger partial charge in [-0.3, -0.25) is 4.57 Å². The van der Waals surface area contributed by atoms with Crippen molar-refractivity contribution >= 4 is 6.03 Å². The van der Waals surface area contributed by atoms with E-state index >= 15 is 0 Å². The highest BCUT2D eigenvalue weighted by Crippen LogP contribution is 2.32. The van der Waals surface area contributed by atoms with E-state index in [-0.39, 0.29) is 24.9 Å². The number of imidazole rings is 1. The van der Waals surface area contributed by atoms with Gasteiger partial charge in [0.15, 0.2) is 11.5 Å². The molecular formula is C22H25N7O3. The summed E-state index contributed by atoms with van der Waals surface area (Å²) in [5, 5.41) is 9.58. The minimum Gasteiger partial charge on any atom is -0.454 e. The molecule has 2 aliphatic rings. The van der Waals surface area contributed by atoms with Crippen LogP contribution in [0, 0.1) is 0 Å². The van der Waals surface area contributed by atoms with Gasteiger partial charge in [0.05, 0.1) is 11.7 Å². The number of nitrogens with one attached hydrogen (secondary N) is 3. The standard InChI is InChI=1S/C22H25N7O3/c30-22(26-12-15-4-5-18-19(11-15)32-14-31-18)28-20(16-3-1-2-7-24-16)17-6-8-25-21(27-17)29-10-9-23-13-29/h4-6,8-11,13,16,20,24H,1-3,7,12,14H2,(H2,26,28,30). The van der Waals surface area contributed by atoms with Crippen molar-refractivity contribution in [2.24, 2.45) is 0 Å². The molecule has 0 bridgehead atoms. The molecule has 166 valence electrons. The normalized spacial score (nSPS) is 18.2. The predicted octanol–water partition coefficient (Wildman–Crippen LogP) is 2.07. The van der Waals surface area contributed by atoms with E-state index in [1.807, 2.05) is 24.3 Å². The van der Waals surface area contributed by atoms with Crippen LogP contribution in [0.2, 0.25) is 0 Å². The number of rotatable bonds is 6. The van der Waals surface area contributed by atoms with E-state index in [1.54, 1.807) is 29.5 Å². The van der Waals surface area contributed by atoms with Gasteiger partial charge in [-0.2, -0.15) is 0 Å². The Labute approximate surface area is 185 Å². The summed E-state index contributed by atoms with van der Waals surface area (Å²) in [5.41, 5.74) is 1.68. The van der Waals surface area contributed by atoms with Crippen molar-refractivity contribution in [3.8, 4) is 17.4 Å². The Morgan fingerprint density at radius 1 is 1.22 bits per heavy atom. The van der Waals surface area contributed by atoms with Crippen LogP contribution >= 0.6 is 0 Å². The van der Waals surface area contributed by atoms with Crippen LogP contribution in [-0.2, 0) is 6.54 Å². The minimum atomic E-state index is -0.294. The minimum absolute atomic E-state index is 0.0885. The molecule has 10 nitrogen and oxygen atoms in total. The second-order valence-corrected chi connectivity index (χ2v) is 7.80. The monoisotopic (exact) mass is 435 g/mol. The summed E-state index contributed by atoms with van der Waals surface area (Å²) < 4.78 is 12.5. The molecule has 0 aliphatic carbocycles. The average molecular weight is 435 g/mol. The second-order valence-electron chi connectivity index (χ2n) is 7.80. The maximum Gasteiger partial charge on any atom is 0.315 e. The van der Waals surface area contributed by atoms with Crippen molar-refractivity contribution in [3.05, 3.63) is 60.4 Å². The molecule has 5 rings (SSSR count). The molecule has 10 heteroatoms. The number of hydrogen-bond donors (Lipinski definition) is 3. The molecule has 32 heavy (non-hydrogen) atoms. The lowest BCUT2D eigenvalue weighted by Crippen LogP contribution is -2.49. The van der Waals surface area contributed by atoms with Gasteiger partial charge in [0.25, 0.3) is 0 Å². The van der Waals surface area contributed by atoms with Crippen LogP contribution in [0.1, 0.15) is 36.6 Å². The van der Waals surface area contributed by atoms with E-state index in [1.165, 1.54) is 0 Å². The number of benzene rings is 1. The molecule has 1 aromatic carbocycles. The van der Waals surface area contributed by atoms with Gasteiger partial charge < -0.3 is 25.4 Å². The summed E-state index contributed by atoms with van der Waals surface area (Å²) in [4.78, 5) is 25.9. The summed E-state index contributed by atoms with van der Waals surface area (Å²) in [5.74, 6) is 1.93. The van der Waals surface area contributed by atoms with Crippen molar-refractivity contribution in [2.75, 3.05) is 13.3 Å². The third-order valence-corrected chi connectivity index (χ3v) is 5.65. The number of urea groups is 1. The molecule has 3 aromatic rings. The van der Waals surface area contributed by atoms with E-state index in [0.29, 0.717) is 18.2 Å². The van der Waals surface area contributed by atoms with E-state index < -0.39 is 0 Å². The number of nitrogens with zero attached hydrogens (tertiary/aromatic N) is 4. The topological polar surface area (TPSA) is 115 Å². The quantitative estimate of drug-likeness (QED) is 0.543. The molecule has 1 fully saturated rings. The van der Waals surface area contributed by atoms with Crippen molar-refractivity contribution in [1.29, 1.82) is 0 Å². The zero-order chi connectivity index (χ0) is 21.8. The zero-order valence-corrected chi connectivity index (χ0v) is 17.5.